The zero-order chi connectivity index (χ0) is 21.4. The molecule has 0 atom stereocenters. The summed E-state index contributed by atoms with van der Waals surface area (Å²) in [7, 11) is 0. The summed E-state index contributed by atoms with van der Waals surface area (Å²) in [4.78, 5) is 38.3. The molecular weight excluding hydrogens is 386 g/mol. The highest BCUT2D eigenvalue weighted by Crippen LogP contribution is 2.33. The van der Waals surface area contributed by atoms with E-state index in [-0.39, 0.29) is 29.5 Å². The molecule has 3 rings (SSSR count). The highest BCUT2D eigenvalue weighted by atomic mass is 16.5. The van der Waals surface area contributed by atoms with Gasteiger partial charge in [0.25, 0.3) is 5.91 Å². The van der Waals surface area contributed by atoms with Gasteiger partial charge >= 0.3 is 5.97 Å². The van der Waals surface area contributed by atoms with E-state index in [9.17, 15) is 14.4 Å². The minimum absolute atomic E-state index is 0.0333. The number of amides is 2. The SMILES string of the molecule is CC(=O)Nc1cccc(C(=O)OCC(=O)NCC2(N3CCOCC3)CCCCC2)c1. The van der Waals surface area contributed by atoms with Crippen molar-refractivity contribution in [3.05, 3.63) is 29.8 Å². The Bertz CT molecular complexity index is 755. The summed E-state index contributed by atoms with van der Waals surface area (Å²) >= 11 is 0. The summed E-state index contributed by atoms with van der Waals surface area (Å²) in [5.41, 5.74) is 0.756. The summed E-state index contributed by atoms with van der Waals surface area (Å²) in [6.45, 7) is 4.84. The van der Waals surface area contributed by atoms with Gasteiger partial charge in [-0.2, -0.15) is 0 Å². The average molecular weight is 418 g/mol. The third-order valence-corrected chi connectivity index (χ3v) is 5.83. The van der Waals surface area contributed by atoms with Crippen LogP contribution in [-0.2, 0) is 19.1 Å². The number of esters is 1. The molecule has 2 N–H and O–H groups in total. The number of rotatable bonds is 7. The van der Waals surface area contributed by atoms with Crippen molar-refractivity contribution in [2.24, 2.45) is 0 Å². The third kappa shape index (κ3) is 6.03. The van der Waals surface area contributed by atoms with Crippen LogP contribution in [-0.4, -0.2) is 67.7 Å². The summed E-state index contributed by atoms with van der Waals surface area (Å²) in [6.07, 6.45) is 5.67. The van der Waals surface area contributed by atoms with Crippen LogP contribution in [0.15, 0.2) is 24.3 Å². The molecule has 1 aliphatic heterocycles. The molecule has 2 fully saturated rings. The van der Waals surface area contributed by atoms with E-state index in [0.29, 0.717) is 12.2 Å². The number of carbonyl (C=O) groups is 3. The van der Waals surface area contributed by atoms with E-state index in [1.807, 2.05) is 0 Å². The van der Waals surface area contributed by atoms with Crippen LogP contribution >= 0.6 is 0 Å². The van der Waals surface area contributed by atoms with Crippen molar-refractivity contribution < 1.29 is 23.9 Å². The average Bonchev–Trinajstić information content (AvgIpc) is 2.77. The molecule has 1 aromatic rings. The molecule has 1 aromatic carbocycles. The highest BCUT2D eigenvalue weighted by molar-refractivity contribution is 5.94. The quantitative estimate of drug-likeness (QED) is 0.659. The number of carbonyl (C=O) groups excluding carboxylic acids is 3. The number of hydrogen-bond donors (Lipinski definition) is 2. The number of hydrogen-bond acceptors (Lipinski definition) is 6. The highest BCUT2D eigenvalue weighted by Gasteiger charge is 2.38. The van der Waals surface area contributed by atoms with Crippen molar-refractivity contribution in [2.45, 2.75) is 44.6 Å². The number of benzene rings is 1. The lowest BCUT2D eigenvalue weighted by atomic mass is 9.79. The minimum atomic E-state index is -0.599. The maximum Gasteiger partial charge on any atom is 0.338 e. The predicted molar refractivity (Wildman–Crippen MR) is 112 cm³/mol. The molecule has 2 amide bonds. The molecule has 0 spiro atoms. The fourth-order valence-corrected chi connectivity index (χ4v) is 4.31. The van der Waals surface area contributed by atoms with Gasteiger partial charge in [0.05, 0.1) is 18.8 Å². The molecule has 8 heteroatoms. The molecule has 1 aliphatic carbocycles. The van der Waals surface area contributed by atoms with E-state index < -0.39 is 5.97 Å². The Morgan fingerprint density at radius 2 is 1.87 bits per heavy atom. The van der Waals surface area contributed by atoms with Gasteiger partial charge in [-0.05, 0) is 31.0 Å². The van der Waals surface area contributed by atoms with E-state index in [1.54, 1.807) is 18.2 Å². The molecule has 30 heavy (non-hydrogen) atoms. The molecule has 2 aliphatic rings. The van der Waals surface area contributed by atoms with Gasteiger partial charge < -0.3 is 20.1 Å². The Morgan fingerprint density at radius 3 is 2.57 bits per heavy atom. The topological polar surface area (TPSA) is 97.0 Å². The number of nitrogens with zero attached hydrogens (tertiary/aromatic N) is 1. The van der Waals surface area contributed by atoms with E-state index in [2.05, 4.69) is 15.5 Å². The molecule has 1 heterocycles. The predicted octanol–water partition coefficient (Wildman–Crippen LogP) is 1.95. The number of nitrogens with one attached hydrogen (secondary N) is 2. The van der Waals surface area contributed by atoms with E-state index in [1.165, 1.54) is 19.4 Å². The first-order chi connectivity index (χ1) is 14.5. The Morgan fingerprint density at radius 1 is 1.13 bits per heavy atom. The zero-order valence-corrected chi connectivity index (χ0v) is 17.6. The summed E-state index contributed by atoms with van der Waals surface area (Å²) < 4.78 is 10.7. The molecule has 0 radical (unpaired) electrons. The summed E-state index contributed by atoms with van der Waals surface area (Å²) in [5.74, 6) is -1.13. The lowest BCUT2D eigenvalue weighted by Gasteiger charge is -2.48. The first kappa shape index (κ1) is 22.2. The fraction of sp³-hybridized carbons (Fsp3) is 0.591. The summed E-state index contributed by atoms with van der Waals surface area (Å²) in [6, 6.07) is 6.44. The molecule has 1 saturated heterocycles. The van der Waals surface area contributed by atoms with Crippen molar-refractivity contribution in [1.29, 1.82) is 0 Å². The second kappa shape index (κ2) is 10.5. The molecule has 0 bridgehead atoms. The van der Waals surface area contributed by atoms with Crippen LogP contribution in [0.1, 0.15) is 49.4 Å². The van der Waals surface area contributed by atoms with Crippen LogP contribution in [0.2, 0.25) is 0 Å². The maximum absolute atomic E-state index is 12.4. The van der Waals surface area contributed by atoms with Crippen LogP contribution < -0.4 is 10.6 Å². The van der Waals surface area contributed by atoms with Crippen LogP contribution in [0.3, 0.4) is 0 Å². The van der Waals surface area contributed by atoms with E-state index in [4.69, 9.17) is 9.47 Å². The number of morpholine rings is 1. The van der Waals surface area contributed by atoms with Crippen LogP contribution in [0.4, 0.5) is 5.69 Å². The normalized spacial score (nSPS) is 19.0. The number of anilines is 1. The summed E-state index contributed by atoms with van der Waals surface area (Å²) in [5, 5.41) is 5.60. The Balaban J connectivity index is 1.51. The van der Waals surface area contributed by atoms with Gasteiger partial charge in [0.15, 0.2) is 6.61 Å². The third-order valence-electron chi connectivity index (χ3n) is 5.83. The Hall–Kier alpha value is -2.45. The Labute approximate surface area is 177 Å². The van der Waals surface area contributed by atoms with Gasteiger partial charge in [-0.15, -0.1) is 0 Å². The zero-order valence-electron chi connectivity index (χ0n) is 17.6. The van der Waals surface area contributed by atoms with Gasteiger partial charge in [0.1, 0.15) is 0 Å². The molecular formula is C22H31N3O5. The van der Waals surface area contributed by atoms with Crippen LogP contribution in [0.25, 0.3) is 0 Å². The van der Waals surface area contributed by atoms with Gasteiger partial charge in [0, 0.05) is 37.8 Å². The maximum atomic E-state index is 12.4. The van der Waals surface area contributed by atoms with Crippen molar-refractivity contribution in [3.8, 4) is 0 Å². The second-order valence-electron chi connectivity index (χ2n) is 8.00. The van der Waals surface area contributed by atoms with Crippen LogP contribution in [0.5, 0.6) is 0 Å². The first-order valence-electron chi connectivity index (χ1n) is 10.6. The van der Waals surface area contributed by atoms with Gasteiger partial charge in [0.2, 0.25) is 5.91 Å². The Kier molecular flexibility index (Phi) is 7.81. The van der Waals surface area contributed by atoms with Gasteiger partial charge in [-0.1, -0.05) is 25.3 Å². The lowest BCUT2D eigenvalue weighted by molar-refractivity contribution is -0.125. The monoisotopic (exact) mass is 417 g/mol. The molecule has 8 nitrogen and oxygen atoms in total. The van der Waals surface area contributed by atoms with Crippen molar-refractivity contribution in [1.82, 2.24) is 10.2 Å². The molecule has 164 valence electrons. The minimum Gasteiger partial charge on any atom is -0.452 e. The van der Waals surface area contributed by atoms with Gasteiger partial charge in [-0.25, -0.2) is 4.79 Å². The van der Waals surface area contributed by atoms with E-state index >= 15 is 0 Å². The second-order valence-corrected chi connectivity index (χ2v) is 8.00. The van der Waals surface area contributed by atoms with E-state index in [0.717, 1.165) is 52.0 Å². The first-order valence-corrected chi connectivity index (χ1v) is 10.6. The van der Waals surface area contributed by atoms with Crippen molar-refractivity contribution >= 4 is 23.5 Å². The fourth-order valence-electron chi connectivity index (χ4n) is 4.31. The molecule has 0 aromatic heterocycles. The lowest BCUT2D eigenvalue weighted by Crippen LogP contribution is -2.59. The molecule has 1 saturated carbocycles. The van der Waals surface area contributed by atoms with Crippen LogP contribution in [0, 0.1) is 0 Å². The standard InChI is InChI=1S/C22H31N3O5/c1-17(26)24-19-7-5-6-18(14-19)21(28)30-15-20(27)23-16-22(8-3-2-4-9-22)25-10-12-29-13-11-25/h5-7,14H,2-4,8-13,15-16H2,1H3,(H,23,27)(H,24,26). The van der Waals surface area contributed by atoms with Crippen molar-refractivity contribution in [3.63, 3.8) is 0 Å². The molecule has 0 unspecified atom stereocenters. The smallest absolute Gasteiger partial charge is 0.338 e. The van der Waals surface area contributed by atoms with Gasteiger partial charge in [-0.3, -0.25) is 14.5 Å². The largest absolute Gasteiger partial charge is 0.452 e. The number of ether oxygens (including phenoxy) is 2. The van der Waals surface area contributed by atoms with Crippen molar-refractivity contribution in [2.75, 3.05) is 44.8 Å².